The topological polar surface area (TPSA) is 77.6 Å². The molecule has 1 N–H and O–H groups in total. The Morgan fingerprint density at radius 2 is 2.00 bits per heavy atom. The van der Waals surface area contributed by atoms with Crippen LogP contribution in [0.15, 0.2) is 60.6 Å². The second kappa shape index (κ2) is 6.93. The molecule has 4 rings (SSSR count). The minimum absolute atomic E-state index is 0.181. The van der Waals surface area contributed by atoms with Gasteiger partial charge in [0.05, 0.1) is 18.4 Å². The molecule has 0 bridgehead atoms. The molecule has 0 spiro atoms. The lowest BCUT2D eigenvalue weighted by Gasteiger charge is -2.09. The first-order valence-corrected chi connectivity index (χ1v) is 8.90. The standard InChI is InChI=1S/C18H16N6OS/c1-13-7-9-26-16(13)10-23-17(6-8-20-23)22-18(25)14-2-4-15(5-3-14)24-12-19-11-21-24/h2-9,11-12H,10H2,1H3,(H,22,25). The number of hydrogen-bond donors (Lipinski definition) is 1. The third-order valence-electron chi connectivity index (χ3n) is 4.03. The van der Waals surface area contributed by atoms with Crippen LogP contribution in [-0.2, 0) is 6.54 Å². The van der Waals surface area contributed by atoms with E-state index < -0.39 is 0 Å². The van der Waals surface area contributed by atoms with Gasteiger partial charge in [-0.3, -0.25) is 4.79 Å². The molecular formula is C18H16N6OS. The van der Waals surface area contributed by atoms with E-state index in [-0.39, 0.29) is 5.91 Å². The van der Waals surface area contributed by atoms with Crippen LogP contribution in [0.25, 0.3) is 5.69 Å². The number of anilines is 1. The molecule has 7 nitrogen and oxygen atoms in total. The summed E-state index contributed by atoms with van der Waals surface area (Å²) >= 11 is 1.69. The second-order valence-corrected chi connectivity index (χ2v) is 6.74. The molecule has 3 heterocycles. The average molecular weight is 364 g/mol. The van der Waals surface area contributed by atoms with Crippen molar-refractivity contribution in [3.05, 3.63) is 76.6 Å². The zero-order chi connectivity index (χ0) is 17.9. The maximum atomic E-state index is 12.5. The Morgan fingerprint density at radius 3 is 2.69 bits per heavy atom. The van der Waals surface area contributed by atoms with Crippen molar-refractivity contribution in [1.82, 2.24) is 24.5 Å². The molecule has 8 heteroatoms. The predicted octanol–water partition coefficient (Wildman–Crippen LogP) is 3.13. The molecule has 130 valence electrons. The van der Waals surface area contributed by atoms with E-state index in [2.05, 4.69) is 38.9 Å². The van der Waals surface area contributed by atoms with Gasteiger partial charge in [0.15, 0.2) is 0 Å². The quantitative estimate of drug-likeness (QED) is 0.590. The number of carbonyl (C=O) groups excluding carboxylic acids is 1. The Morgan fingerprint density at radius 1 is 1.15 bits per heavy atom. The zero-order valence-electron chi connectivity index (χ0n) is 14.0. The van der Waals surface area contributed by atoms with Crippen molar-refractivity contribution in [3.8, 4) is 5.69 Å². The van der Waals surface area contributed by atoms with E-state index in [0.29, 0.717) is 17.9 Å². The van der Waals surface area contributed by atoms with Gasteiger partial charge in [-0.25, -0.2) is 14.3 Å². The lowest BCUT2D eigenvalue weighted by molar-refractivity contribution is 0.102. The molecular weight excluding hydrogens is 348 g/mol. The zero-order valence-corrected chi connectivity index (χ0v) is 14.8. The molecule has 0 aliphatic rings. The second-order valence-electron chi connectivity index (χ2n) is 5.74. The van der Waals surface area contributed by atoms with Gasteiger partial charge in [0.25, 0.3) is 5.91 Å². The van der Waals surface area contributed by atoms with Crippen LogP contribution in [0.5, 0.6) is 0 Å². The van der Waals surface area contributed by atoms with Gasteiger partial charge >= 0.3 is 0 Å². The van der Waals surface area contributed by atoms with Crippen molar-refractivity contribution in [2.45, 2.75) is 13.5 Å². The molecule has 1 aromatic carbocycles. The van der Waals surface area contributed by atoms with Crippen molar-refractivity contribution >= 4 is 23.1 Å². The Balaban J connectivity index is 1.49. The van der Waals surface area contributed by atoms with Gasteiger partial charge < -0.3 is 5.32 Å². The molecule has 0 aliphatic carbocycles. The first-order chi connectivity index (χ1) is 12.7. The maximum absolute atomic E-state index is 12.5. The number of aryl methyl sites for hydroxylation is 1. The van der Waals surface area contributed by atoms with E-state index in [4.69, 9.17) is 0 Å². The minimum Gasteiger partial charge on any atom is -0.307 e. The molecule has 4 aromatic rings. The van der Waals surface area contributed by atoms with Gasteiger partial charge in [-0.1, -0.05) is 0 Å². The smallest absolute Gasteiger partial charge is 0.256 e. The van der Waals surface area contributed by atoms with Crippen LogP contribution in [0.3, 0.4) is 0 Å². The highest BCUT2D eigenvalue weighted by Crippen LogP contribution is 2.19. The number of rotatable bonds is 5. The third-order valence-corrected chi connectivity index (χ3v) is 5.04. The first kappa shape index (κ1) is 16.2. The SMILES string of the molecule is Cc1ccsc1Cn1nccc1NC(=O)c1ccc(-n2cncn2)cc1. The van der Waals surface area contributed by atoms with Gasteiger partial charge in [-0.15, -0.1) is 11.3 Å². The number of hydrogen-bond acceptors (Lipinski definition) is 5. The lowest BCUT2D eigenvalue weighted by atomic mass is 10.2. The van der Waals surface area contributed by atoms with Crippen LogP contribution in [0.2, 0.25) is 0 Å². The van der Waals surface area contributed by atoms with Crippen molar-refractivity contribution in [3.63, 3.8) is 0 Å². The Labute approximate surface area is 153 Å². The van der Waals surface area contributed by atoms with Crippen LogP contribution < -0.4 is 5.32 Å². The average Bonchev–Trinajstić information content (AvgIpc) is 3.40. The van der Waals surface area contributed by atoms with Crippen molar-refractivity contribution in [2.24, 2.45) is 0 Å². The van der Waals surface area contributed by atoms with Gasteiger partial charge in [0.2, 0.25) is 0 Å². The maximum Gasteiger partial charge on any atom is 0.256 e. The monoisotopic (exact) mass is 364 g/mol. The van der Waals surface area contributed by atoms with E-state index in [9.17, 15) is 4.79 Å². The Hall–Kier alpha value is -3.26. The first-order valence-electron chi connectivity index (χ1n) is 8.02. The summed E-state index contributed by atoms with van der Waals surface area (Å²) in [6, 6.07) is 11.1. The molecule has 0 radical (unpaired) electrons. The fourth-order valence-corrected chi connectivity index (χ4v) is 3.45. The van der Waals surface area contributed by atoms with Crippen LogP contribution in [0.4, 0.5) is 5.82 Å². The summed E-state index contributed by atoms with van der Waals surface area (Å²) in [5.74, 6) is 0.489. The number of nitrogens with zero attached hydrogens (tertiary/aromatic N) is 5. The molecule has 0 saturated heterocycles. The van der Waals surface area contributed by atoms with Gasteiger partial charge in [-0.2, -0.15) is 10.2 Å². The van der Waals surface area contributed by atoms with Crippen molar-refractivity contribution in [2.75, 3.05) is 5.32 Å². The number of nitrogens with one attached hydrogen (secondary N) is 1. The number of carbonyl (C=O) groups is 1. The van der Waals surface area contributed by atoms with Gasteiger partial charge in [-0.05, 0) is 48.2 Å². The van der Waals surface area contributed by atoms with Crippen molar-refractivity contribution < 1.29 is 4.79 Å². The summed E-state index contributed by atoms with van der Waals surface area (Å²) in [5.41, 5.74) is 2.64. The van der Waals surface area contributed by atoms with E-state index in [0.717, 1.165) is 5.69 Å². The number of thiophene rings is 1. The molecule has 0 aliphatic heterocycles. The molecule has 3 aromatic heterocycles. The highest BCUT2D eigenvalue weighted by molar-refractivity contribution is 7.10. The Bertz CT molecular complexity index is 1020. The van der Waals surface area contributed by atoms with Crippen LogP contribution >= 0.6 is 11.3 Å². The van der Waals surface area contributed by atoms with Crippen LogP contribution in [0.1, 0.15) is 20.8 Å². The molecule has 0 saturated carbocycles. The van der Waals surface area contributed by atoms with Gasteiger partial charge in [0, 0.05) is 16.5 Å². The predicted molar refractivity (Wildman–Crippen MR) is 99.7 cm³/mol. The molecule has 0 unspecified atom stereocenters. The van der Waals surface area contributed by atoms with E-state index in [1.165, 1.54) is 16.8 Å². The summed E-state index contributed by atoms with van der Waals surface area (Å²) in [6.07, 6.45) is 4.77. The van der Waals surface area contributed by atoms with Crippen LogP contribution in [0, 0.1) is 6.92 Å². The number of aromatic nitrogens is 5. The van der Waals surface area contributed by atoms with Crippen molar-refractivity contribution in [1.29, 1.82) is 0 Å². The Kier molecular flexibility index (Phi) is 4.32. The summed E-state index contributed by atoms with van der Waals surface area (Å²) in [5, 5.41) is 13.4. The molecule has 1 amide bonds. The fourth-order valence-electron chi connectivity index (χ4n) is 2.56. The summed E-state index contributed by atoms with van der Waals surface area (Å²) < 4.78 is 3.43. The fraction of sp³-hybridized carbons (Fsp3) is 0.111. The molecule has 26 heavy (non-hydrogen) atoms. The minimum atomic E-state index is -0.181. The van der Waals surface area contributed by atoms with Crippen LogP contribution in [-0.4, -0.2) is 30.5 Å². The highest BCUT2D eigenvalue weighted by Gasteiger charge is 2.11. The van der Waals surface area contributed by atoms with E-state index >= 15 is 0 Å². The normalized spacial score (nSPS) is 10.8. The third kappa shape index (κ3) is 3.27. The largest absolute Gasteiger partial charge is 0.307 e. The summed E-state index contributed by atoms with van der Waals surface area (Å²) in [7, 11) is 0. The van der Waals surface area contributed by atoms with Gasteiger partial charge in [0.1, 0.15) is 18.5 Å². The molecule has 0 atom stereocenters. The summed E-state index contributed by atoms with van der Waals surface area (Å²) in [4.78, 5) is 17.7. The molecule has 0 fully saturated rings. The number of amides is 1. The van der Waals surface area contributed by atoms with E-state index in [1.807, 2.05) is 12.1 Å². The lowest BCUT2D eigenvalue weighted by Crippen LogP contribution is -2.16. The highest BCUT2D eigenvalue weighted by atomic mass is 32.1. The van der Waals surface area contributed by atoms with E-state index in [1.54, 1.807) is 51.4 Å². The summed E-state index contributed by atoms with van der Waals surface area (Å²) in [6.45, 7) is 2.71. The number of benzene rings is 1.